The lowest BCUT2D eigenvalue weighted by Crippen LogP contribution is -1.87. The van der Waals surface area contributed by atoms with Crippen LogP contribution in [0, 0.1) is 9.56 Å². The van der Waals surface area contributed by atoms with Crippen molar-refractivity contribution < 1.29 is 0 Å². The number of fused-ring (bicyclic) bond motifs is 1. The summed E-state index contributed by atoms with van der Waals surface area (Å²) in [4.78, 5) is 0.861. The molecule has 56 valence electrons. The minimum Gasteiger partial charge on any atom is -0.262 e. The molecule has 0 fully saturated rings. The number of rotatable bonds is 0. The largest absolute Gasteiger partial charge is 0.262 e. The molecule has 0 amide bonds. The van der Waals surface area contributed by atoms with E-state index in [0.29, 0.717) is 0 Å². The van der Waals surface area contributed by atoms with Crippen molar-refractivity contribution >= 4 is 15.7 Å². The molecule has 3 heteroatoms. The van der Waals surface area contributed by atoms with Crippen LogP contribution in [0.5, 0.6) is 0 Å². The number of hydrogen-bond donors (Lipinski definition) is 2. The molecule has 0 aliphatic carbocycles. The summed E-state index contributed by atoms with van der Waals surface area (Å²) in [5.41, 5.74) is 1.03. The van der Waals surface area contributed by atoms with Gasteiger partial charge in [-0.05, 0) is 32.7 Å². The molecule has 0 saturated carbocycles. The molecular weight excluding hydrogens is 156 g/mol. The van der Waals surface area contributed by atoms with Crippen molar-refractivity contribution in [3.63, 3.8) is 0 Å². The van der Waals surface area contributed by atoms with Crippen LogP contribution in [0.4, 0.5) is 0 Å². The highest BCUT2D eigenvalue weighted by Gasteiger charge is 2.11. The van der Waals surface area contributed by atoms with Gasteiger partial charge in [-0.3, -0.25) is 9.56 Å². The highest BCUT2D eigenvalue weighted by Crippen LogP contribution is 2.26. The van der Waals surface area contributed by atoms with Crippen LogP contribution in [0.2, 0.25) is 0 Å². The second-order valence-corrected chi connectivity index (χ2v) is 4.53. The van der Waals surface area contributed by atoms with Gasteiger partial charge in [0.05, 0.1) is 0 Å². The van der Waals surface area contributed by atoms with Gasteiger partial charge < -0.3 is 0 Å². The van der Waals surface area contributed by atoms with Crippen molar-refractivity contribution in [2.75, 3.05) is 0 Å². The maximum atomic E-state index is 7.63. The summed E-state index contributed by atoms with van der Waals surface area (Å²) in [6.45, 7) is 0. The van der Waals surface area contributed by atoms with E-state index in [1.807, 2.05) is 30.3 Å². The Labute approximate surface area is 66.0 Å². The van der Waals surface area contributed by atoms with Crippen LogP contribution < -0.4 is 0 Å². The molecule has 11 heavy (non-hydrogen) atoms. The third-order valence-electron chi connectivity index (χ3n) is 1.72. The Hall–Kier alpha value is -1.09. The maximum Gasteiger partial charge on any atom is 0.0388 e. The van der Waals surface area contributed by atoms with Crippen LogP contribution in [0.15, 0.2) is 34.6 Å². The zero-order valence-corrected chi connectivity index (χ0v) is 6.69. The average Bonchev–Trinajstić information content (AvgIpc) is 2.29. The maximum absolute atomic E-state index is 7.63. The predicted molar refractivity (Wildman–Crippen MR) is 46.5 cm³/mol. The first kappa shape index (κ1) is 6.61. The Kier molecular flexibility index (Phi) is 1.17. The Balaban J connectivity index is 2.84. The standard InChI is InChI=1S/C8H8N2S/c9-11(10)6-5-7-3-1-2-4-8(7)11/h1-6,9-10H. The molecule has 1 aliphatic rings. The van der Waals surface area contributed by atoms with E-state index < -0.39 is 9.62 Å². The van der Waals surface area contributed by atoms with Gasteiger partial charge in [0.1, 0.15) is 0 Å². The molecule has 0 atom stereocenters. The van der Waals surface area contributed by atoms with Gasteiger partial charge in [-0.15, -0.1) is 0 Å². The van der Waals surface area contributed by atoms with Crippen LogP contribution in [-0.2, 0) is 9.62 Å². The van der Waals surface area contributed by atoms with Gasteiger partial charge >= 0.3 is 0 Å². The highest BCUT2D eigenvalue weighted by molar-refractivity contribution is 7.96. The quantitative estimate of drug-likeness (QED) is 0.592. The average molecular weight is 164 g/mol. The van der Waals surface area contributed by atoms with Gasteiger partial charge in [0.2, 0.25) is 0 Å². The van der Waals surface area contributed by atoms with Crippen molar-refractivity contribution in [3.8, 4) is 0 Å². The number of benzene rings is 1. The summed E-state index contributed by atoms with van der Waals surface area (Å²) in [7, 11) is -2.09. The number of hydrogen-bond acceptors (Lipinski definition) is 2. The van der Waals surface area contributed by atoms with Crippen molar-refractivity contribution in [2.24, 2.45) is 0 Å². The molecule has 2 rings (SSSR count). The van der Waals surface area contributed by atoms with Crippen LogP contribution in [-0.4, -0.2) is 0 Å². The first-order valence-corrected chi connectivity index (χ1v) is 4.99. The van der Waals surface area contributed by atoms with E-state index in [-0.39, 0.29) is 0 Å². The molecule has 2 N–H and O–H groups in total. The summed E-state index contributed by atoms with van der Waals surface area (Å²) >= 11 is 0. The van der Waals surface area contributed by atoms with E-state index in [0.717, 1.165) is 10.5 Å². The molecule has 0 radical (unpaired) electrons. The van der Waals surface area contributed by atoms with E-state index >= 15 is 0 Å². The Morgan fingerprint density at radius 2 is 1.82 bits per heavy atom. The van der Waals surface area contributed by atoms with E-state index in [1.54, 1.807) is 5.41 Å². The summed E-state index contributed by atoms with van der Waals surface area (Å²) < 4.78 is 15.3. The molecule has 0 aromatic heterocycles. The molecule has 1 aliphatic heterocycles. The molecule has 2 nitrogen and oxygen atoms in total. The SMILES string of the molecule is N=S1(=N)C=Cc2ccccc21. The van der Waals surface area contributed by atoms with Gasteiger partial charge in [0.15, 0.2) is 0 Å². The van der Waals surface area contributed by atoms with Crippen LogP contribution in [0.25, 0.3) is 6.08 Å². The summed E-state index contributed by atoms with van der Waals surface area (Å²) in [6.07, 6.45) is 1.87. The fraction of sp³-hybridized carbons (Fsp3) is 0. The topological polar surface area (TPSA) is 47.7 Å². The van der Waals surface area contributed by atoms with Crippen LogP contribution in [0.1, 0.15) is 5.56 Å². The third kappa shape index (κ3) is 0.886. The molecule has 1 heterocycles. The molecular formula is C8H8N2S. The Bertz CT molecular complexity index is 415. The van der Waals surface area contributed by atoms with Crippen molar-refractivity contribution in [3.05, 3.63) is 35.2 Å². The fourth-order valence-electron chi connectivity index (χ4n) is 1.16. The zero-order valence-electron chi connectivity index (χ0n) is 5.87. The molecule has 1 aromatic rings. The molecule has 0 spiro atoms. The highest BCUT2D eigenvalue weighted by atomic mass is 32.2. The molecule has 1 aromatic carbocycles. The van der Waals surface area contributed by atoms with Crippen LogP contribution in [0.3, 0.4) is 0 Å². The lowest BCUT2D eigenvalue weighted by atomic mass is 10.2. The minimum absolute atomic E-state index is 0.861. The van der Waals surface area contributed by atoms with Crippen molar-refractivity contribution in [1.82, 2.24) is 0 Å². The third-order valence-corrected chi connectivity index (χ3v) is 3.33. The van der Waals surface area contributed by atoms with Gasteiger partial charge in [-0.25, -0.2) is 0 Å². The van der Waals surface area contributed by atoms with Gasteiger partial charge in [0, 0.05) is 4.90 Å². The molecule has 0 bridgehead atoms. The first-order chi connectivity index (χ1) is 5.20. The van der Waals surface area contributed by atoms with E-state index in [9.17, 15) is 0 Å². The van der Waals surface area contributed by atoms with Gasteiger partial charge in [0.25, 0.3) is 0 Å². The summed E-state index contributed by atoms with van der Waals surface area (Å²) in [6, 6.07) is 7.63. The van der Waals surface area contributed by atoms with E-state index in [1.165, 1.54) is 0 Å². The van der Waals surface area contributed by atoms with E-state index in [2.05, 4.69) is 0 Å². The summed E-state index contributed by atoms with van der Waals surface area (Å²) in [5.74, 6) is 0. The second-order valence-electron chi connectivity index (χ2n) is 2.50. The Morgan fingerprint density at radius 3 is 2.55 bits per heavy atom. The van der Waals surface area contributed by atoms with Crippen LogP contribution >= 0.6 is 0 Å². The van der Waals surface area contributed by atoms with E-state index in [4.69, 9.17) is 9.56 Å². The minimum atomic E-state index is -2.09. The normalized spacial score (nSPS) is 18.2. The second kappa shape index (κ2) is 1.95. The summed E-state index contributed by atoms with van der Waals surface area (Å²) in [5, 5.41) is 1.68. The Morgan fingerprint density at radius 1 is 1.09 bits per heavy atom. The smallest absolute Gasteiger partial charge is 0.0388 e. The zero-order chi connectivity index (χ0) is 7.90. The first-order valence-electron chi connectivity index (χ1n) is 3.30. The lowest BCUT2D eigenvalue weighted by Gasteiger charge is -2.00. The van der Waals surface area contributed by atoms with Crippen molar-refractivity contribution in [2.45, 2.75) is 4.90 Å². The molecule has 0 unspecified atom stereocenters. The lowest BCUT2D eigenvalue weighted by molar-refractivity contribution is 1.38. The number of nitrogens with one attached hydrogen (secondary N) is 2. The molecule has 0 saturated heterocycles. The van der Waals surface area contributed by atoms with Gasteiger partial charge in [-0.1, -0.05) is 18.2 Å². The van der Waals surface area contributed by atoms with Crippen molar-refractivity contribution in [1.29, 1.82) is 9.56 Å². The fourth-order valence-corrected chi connectivity index (χ4v) is 2.46. The monoisotopic (exact) mass is 164 g/mol. The van der Waals surface area contributed by atoms with Gasteiger partial charge in [-0.2, -0.15) is 0 Å². The predicted octanol–water partition coefficient (Wildman–Crippen LogP) is 2.71.